The molecule has 3 atom stereocenters. The lowest BCUT2D eigenvalue weighted by Crippen LogP contribution is -2.50. The number of hydrogen-bond donors (Lipinski definition) is 2. The summed E-state index contributed by atoms with van der Waals surface area (Å²) < 4.78 is 37.8. The van der Waals surface area contributed by atoms with Crippen LogP contribution in [0.5, 0.6) is 0 Å². The van der Waals surface area contributed by atoms with Gasteiger partial charge in [0.15, 0.2) is 5.60 Å². The second kappa shape index (κ2) is 4.36. The first-order valence-electron chi connectivity index (χ1n) is 5.96. The van der Waals surface area contributed by atoms with Crippen molar-refractivity contribution in [2.45, 2.75) is 31.0 Å². The molecule has 0 aromatic heterocycles. The van der Waals surface area contributed by atoms with Crippen molar-refractivity contribution in [1.82, 2.24) is 4.90 Å². The Labute approximate surface area is 107 Å². The first-order chi connectivity index (χ1) is 8.66. The summed E-state index contributed by atoms with van der Waals surface area (Å²) >= 11 is 0. The van der Waals surface area contributed by atoms with Gasteiger partial charge in [-0.1, -0.05) is 0 Å². The van der Waals surface area contributed by atoms with E-state index in [9.17, 15) is 27.9 Å². The molecule has 8 heteroatoms. The van der Waals surface area contributed by atoms with Crippen LogP contribution in [0.2, 0.25) is 0 Å². The Morgan fingerprint density at radius 2 is 1.79 bits per heavy atom. The number of nitrogens with zero attached hydrogens (tertiary/aromatic N) is 1. The largest absolute Gasteiger partial charge is 0.481 e. The molecule has 0 spiro atoms. The Hall–Kier alpha value is -1.31. The van der Waals surface area contributed by atoms with Crippen molar-refractivity contribution in [3.8, 4) is 0 Å². The third kappa shape index (κ3) is 2.29. The molecule has 1 saturated heterocycles. The number of rotatable bonds is 2. The number of amides is 1. The summed E-state index contributed by atoms with van der Waals surface area (Å²) in [6, 6.07) is 0. The van der Waals surface area contributed by atoms with Gasteiger partial charge in [-0.25, -0.2) is 0 Å². The van der Waals surface area contributed by atoms with Gasteiger partial charge in [0, 0.05) is 13.0 Å². The van der Waals surface area contributed by atoms with Crippen LogP contribution in [-0.2, 0) is 9.59 Å². The van der Waals surface area contributed by atoms with E-state index in [4.69, 9.17) is 5.11 Å². The number of alkyl halides is 3. The fourth-order valence-electron chi connectivity index (χ4n) is 2.54. The predicted molar refractivity (Wildman–Crippen MR) is 56.1 cm³/mol. The van der Waals surface area contributed by atoms with Gasteiger partial charge in [-0.15, -0.1) is 0 Å². The van der Waals surface area contributed by atoms with E-state index in [0.29, 0.717) is 12.8 Å². The van der Waals surface area contributed by atoms with Gasteiger partial charge in [0.2, 0.25) is 5.91 Å². The second-order valence-corrected chi connectivity index (χ2v) is 5.17. The molecule has 2 rings (SSSR count). The summed E-state index contributed by atoms with van der Waals surface area (Å²) in [5.41, 5.74) is -2.87. The predicted octanol–water partition coefficient (Wildman–Crippen LogP) is 0.623. The van der Waals surface area contributed by atoms with Crippen LogP contribution in [0.4, 0.5) is 13.2 Å². The minimum atomic E-state index is -4.78. The number of aliphatic hydroxyl groups is 1. The Morgan fingerprint density at radius 3 is 2.16 bits per heavy atom. The van der Waals surface area contributed by atoms with Gasteiger partial charge in [0.05, 0.1) is 18.4 Å². The summed E-state index contributed by atoms with van der Waals surface area (Å²) in [5.74, 6) is -3.27. The lowest BCUT2D eigenvalue weighted by Gasteiger charge is -2.35. The monoisotopic (exact) mass is 281 g/mol. The lowest BCUT2D eigenvalue weighted by atomic mass is 9.73. The number of aliphatic carboxylic acids is 1. The lowest BCUT2D eigenvalue weighted by molar-refractivity contribution is -0.253. The van der Waals surface area contributed by atoms with Gasteiger partial charge in [-0.05, 0) is 12.8 Å². The molecule has 1 heterocycles. The number of β-amino-alcohol motifs (C(OH)–C–C–N with tert-alkyl or cyclic N) is 1. The number of carbonyl (C=O) groups excluding carboxylic acids is 1. The van der Waals surface area contributed by atoms with Gasteiger partial charge < -0.3 is 15.1 Å². The smallest absolute Gasteiger partial charge is 0.419 e. The summed E-state index contributed by atoms with van der Waals surface area (Å²) in [6.45, 7) is -1.00. The molecule has 19 heavy (non-hydrogen) atoms. The maximum atomic E-state index is 12.6. The number of halogens is 3. The molecule has 0 bridgehead atoms. The van der Waals surface area contributed by atoms with Crippen molar-refractivity contribution in [2.75, 3.05) is 13.1 Å². The standard InChI is InChI=1S/C11H14F3NO4/c12-11(13,14)10(19)3-4-15(5-10)8(16)6-1-2-7(6)9(17)18/h6-7,19H,1-5H2,(H,17,18). The van der Waals surface area contributed by atoms with Gasteiger partial charge in [0.1, 0.15) is 0 Å². The van der Waals surface area contributed by atoms with E-state index in [1.165, 1.54) is 0 Å². The SMILES string of the molecule is O=C(O)C1CCC1C(=O)N1CCC(O)(C(F)(F)F)C1. The van der Waals surface area contributed by atoms with Crippen molar-refractivity contribution in [3.05, 3.63) is 0 Å². The molecular formula is C11H14F3NO4. The number of carbonyl (C=O) groups is 2. The molecule has 2 fully saturated rings. The van der Waals surface area contributed by atoms with Crippen LogP contribution in [0.1, 0.15) is 19.3 Å². The van der Waals surface area contributed by atoms with Crippen molar-refractivity contribution < 1.29 is 33.0 Å². The number of carboxylic acid groups (broad SMARTS) is 1. The highest BCUT2D eigenvalue weighted by Gasteiger charge is 2.58. The minimum absolute atomic E-state index is 0.197. The average Bonchev–Trinajstić information content (AvgIpc) is 2.58. The van der Waals surface area contributed by atoms with E-state index >= 15 is 0 Å². The quantitative estimate of drug-likeness (QED) is 0.778. The third-order valence-corrected chi connectivity index (χ3v) is 4.00. The molecule has 2 N–H and O–H groups in total. The van der Waals surface area contributed by atoms with Gasteiger partial charge in [-0.3, -0.25) is 9.59 Å². The van der Waals surface area contributed by atoms with E-state index in [2.05, 4.69) is 0 Å². The van der Waals surface area contributed by atoms with Crippen LogP contribution in [0.3, 0.4) is 0 Å². The zero-order valence-corrected chi connectivity index (χ0v) is 9.98. The molecule has 3 unspecified atom stereocenters. The number of likely N-dealkylation sites (tertiary alicyclic amines) is 1. The molecule has 1 saturated carbocycles. The van der Waals surface area contributed by atoms with Crippen LogP contribution in [0, 0.1) is 11.8 Å². The zero-order chi connectivity index (χ0) is 14.4. The average molecular weight is 281 g/mol. The molecule has 5 nitrogen and oxygen atoms in total. The molecule has 0 radical (unpaired) electrons. The number of hydrogen-bond acceptors (Lipinski definition) is 3. The topological polar surface area (TPSA) is 77.8 Å². The first kappa shape index (κ1) is 14.1. The van der Waals surface area contributed by atoms with Crippen molar-refractivity contribution in [2.24, 2.45) is 11.8 Å². The molecule has 1 aliphatic heterocycles. The Kier molecular flexibility index (Phi) is 3.24. The molecule has 0 aromatic rings. The summed E-state index contributed by atoms with van der Waals surface area (Å²) in [4.78, 5) is 23.7. The molecule has 0 aromatic carbocycles. The highest BCUT2D eigenvalue weighted by atomic mass is 19.4. The Bertz CT molecular complexity index is 411. The minimum Gasteiger partial charge on any atom is -0.481 e. The fourth-order valence-corrected chi connectivity index (χ4v) is 2.54. The summed E-state index contributed by atoms with van der Waals surface area (Å²) in [6.07, 6.45) is -4.61. The van der Waals surface area contributed by atoms with Gasteiger partial charge >= 0.3 is 12.1 Å². The molecule has 1 aliphatic carbocycles. The molecule has 1 amide bonds. The van der Waals surface area contributed by atoms with E-state index in [-0.39, 0.29) is 6.54 Å². The van der Waals surface area contributed by atoms with Crippen LogP contribution in [0.25, 0.3) is 0 Å². The van der Waals surface area contributed by atoms with Crippen LogP contribution in [0.15, 0.2) is 0 Å². The van der Waals surface area contributed by atoms with Crippen LogP contribution < -0.4 is 0 Å². The maximum absolute atomic E-state index is 12.6. The van der Waals surface area contributed by atoms with Crippen molar-refractivity contribution in [1.29, 1.82) is 0 Å². The Morgan fingerprint density at radius 1 is 1.21 bits per heavy atom. The summed E-state index contributed by atoms with van der Waals surface area (Å²) in [7, 11) is 0. The van der Waals surface area contributed by atoms with Crippen LogP contribution >= 0.6 is 0 Å². The normalized spacial score (nSPS) is 35.1. The van der Waals surface area contributed by atoms with Crippen LogP contribution in [-0.4, -0.2) is 51.9 Å². The highest BCUT2D eigenvalue weighted by molar-refractivity contribution is 5.86. The Balaban J connectivity index is 2.02. The number of carboxylic acids is 1. The summed E-state index contributed by atoms with van der Waals surface area (Å²) in [5, 5.41) is 18.3. The molecular weight excluding hydrogens is 267 g/mol. The van der Waals surface area contributed by atoms with E-state index in [1.807, 2.05) is 0 Å². The molecule has 108 valence electrons. The van der Waals surface area contributed by atoms with Gasteiger partial charge in [-0.2, -0.15) is 13.2 Å². The highest BCUT2D eigenvalue weighted by Crippen LogP contribution is 2.41. The zero-order valence-electron chi connectivity index (χ0n) is 9.98. The van der Waals surface area contributed by atoms with Crippen molar-refractivity contribution >= 4 is 11.9 Å². The fraction of sp³-hybridized carbons (Fsp3) is 0.818. The van der Waals surface area contributed by atoms with Crippen molar-refractivity contribution in [3.63, 3.8) is 0 Å². The van der Waals surface area contributed by atoms with E-state index < -0.39 is 48.5 Å². The van der Waals surface area contributed by atoms with E-state index in [1.54, 1.807) is 0 Å². The maximum Gasteiger partial charge on any atom is 0.419 e. The third-order valence-electron chi connectivity index (χ3n) is 4.00. The molecule has 2 aliphatic rings. The first-order valence-corrected chi connectivity index (χ1v) is 5.96. The second-order valence-electron chi connectivity index (χ2n) is 5.17. The van der Waals surface area contributed by atoms with E-state index in [0.717, 1.165) is 4.90 Å². The van der Waals surface area contributed by atoms with Gasteiger partial charge in [0.25, 0.3) is 0 Å².